The van der Waals surface area contributed by atoms with E-state index in [1.165, 1.54) is 30.0 Å². The van der Waals surface area contributed by atoms with Crippen molar-refractivity contribution in [1.82, 2.24) is 0 Å². The molecule has 0 aromatic heterocycles. The molecule has 0 fully saturated rings. The van der Waals surface area contributed by atoms with Crippen molar-refractivity contribution in [2.24, 2.45) is 0 Å². The smallest absolute Gasteiger partial charge is 0.321 e. The normalized spacial score (nSPS) is 9.77. The number of ether oxygens (including phenoxy) is 1. The van der Waals surface area contributed by atoms with Crippen molar-refractivity contribution in [3.63, 3.8) is 0 Å². The quantitative estimate of drug-likeness (QED) is 0.277. The van der Waals surface area contributed by atoms with Gasteiger partial charge in [0.05, 0.1) is 22.3 Å². The molecule has 0 saturated heterocycles. The minimum absolute atomic E-state index is 0.000227. The molecule has 0 atom stereocenters. The first-order chi connectivity index (χ1) is 10.6. The standard InChI is InChI=1S/C15H10N2O4S/c16-9-11-2-1-3-13(8-11)21-15(18)10-22-14-6-4-12(5-7-14)17(19)20/h1-8H,10H2. The molecular weight excluding hydrogens is 304 g/mol. The molecule has 110 valence electrons. The number of carbonyl (C=O) groups is 1. The Bertz CT molecular complexity index is 738. The monoisotopic (exact) mass is 314 g/mol. The molecular formula is C15H10N2O4S. The van der Waals surface area contributed by atoms with Gasteiger partial charge in [-0.1, -0.05) is 6.07 Å². The van der Waals surface area contributed by atoms with Gasteiger partial charge in [-0.05, 0) is 30.3 Å². The first-order valence-electron chi connectivity index (χ1n) is 6.16. The largest absolute Gasteiger partial charge is 0.426 e. The van der Waals surface area contributed by atoms with Crippen LogP contribution < -0.4 is 4.74 Å². The molecule has 6 nitrogen and oxygen atoms in total. The van der Waals surface area contributed by atoms with Gasteiger partial charge in [-0.3, -0.25) is 14.9 Å². The highest BCUT2D eigenvalue weighted by atomic mass is 32.2. The van der Waals surface area contributed by atoms with Crippen LogP contribution >= 0.6 is 11.8 Å². The fraction of sp³-hybridized carbons (Fsp3) is 0.0667. The average Bonchev–Trinajstić information content (AvgIpc) is 2.53. The van der Waals surface area contributed by atoms with Gasteiger partial charge in [0.1, 0.15) is 5.75 Å². The summed E-state index contributed by atoms with van der Waals surface area (Å²) in [6.45, 7) is 0. The minimum atomic E-state index is -0.481. The maximum Gasteiger partial charge on any atom is 0.321 e. The van der Waals surface area contributed by atoms with Crippen LogP contribution in [-0.4, -0.2) is 16.6 Å². The highest BCUT2D eigenvalue weighted by Gasteiger charge is 2.08. The fourth-order valence-corrected chi connectivity index (χ4v) is 2.27. The number of carbonyl (C=O) groups excluding carboxylic acids is 1. The number of hydrogen-bond donors (Lipinski definition) is 0. The third-order valence-corrected chi connectivity index (χ3v) is 3.58. The van der Waals surface area contributed by atoms with Crippen LogP contribution in [0.2, 0.25) is 0 Å². The van der Waals surface area contributed by atoms with E-state index in [1.54, 1.807) is 30.3 Å². The third kappa shape index (κ3) is 4.33. The van der Waals surface area contributed by atoms with E-state index >= 15 is 0 Å². The van der Waals surface area contributed by atoms with Crippen LogP contribution in [0.25, 0.3) is 0 Å². The van der Waals surface area contributed by atoms with Crippen LogP contribution in [-0.2, 0) is 4.79 Å². The summed E-state index contributed by atoms with van der Waals surface area (Å²) in [7, 11) is 0. The zero-order chi connectivity index (χ0) is 15.9. The number of non-ortho nitro benzene ring substituents is 1. The van der Waals surface area contributed by atoms with Gasteiger partial charge < -0.3 is 4.74 Å². The molecule has 2 aromatic rings. The molecule has 0 amide bonds. The summed E-state index contributed by atoms with van der Waals surface area (Å²) in [5, 5.41) is 19.3. The Kier molecular flexibility index (Phi) is 5.11. The average molecular weight is 314 g/mol. The summed E-state index contributed by atoms with van der Waals surface area (Å²) in [5.41, 5.74) is 0.411. The Morgan fingerprint density at radius 3 is 2.64 bits per heavy atom. The van der Waals surface area contributed by atoms with Crippen molar-refractivity contribution in [2.75, 3.05) is 5.75 Å². The molecule has 0 aliphatic heterocycles. The second-order valence-corrected chi connectivity index (χ2v) is 5.20. The summed E-state index contributed by atoms with van der Waals surface area (Å²) in [6.07, 6.45) is 0. The lowest BCUT2D eigenvalue weighted by atomic mass is 10.2. The SMILES string of the molecule is N#Cc1cccc(OC(=O)CSc2ccc([N+](=O)[O-])cc2)c1. The molecule has 0 bridgehead atoms. The van der Waals surface area contributed by atoms with Crippen molar-refractivity contribution in [1.29, 1.82) is 5.26 Å². The first-order valence-corrected chi connectivity index (χ1v) is 7.15. The number of nitro groups is 1. The van der Waals surface area contributed by atoms with E-state index in [9.17, 15) is 14.9 Å². The summed E-state index contributed by atoms with van der Waals surface area (Å²) in [4.78, 5) is 22.5. The Morgan fingerprint density at radius 2 is 2.00 bits per heavy atom. The van der Waals surface area contributed by atoms with Crippen molar-refractivity contribution in [3.05, 3.63) is 64.2 Å². The number of nitrogens with zero attached hydrogens (tertiary/aromatic N) is 2. The van der Waals surface area contributed by atoms with Gasteiger partial charge in [-0.2, -0.15) is 5.26 Å². The zero-order valence-electron chi connectivity index (χ0n) is 11.3. The van der Waals surface area contributed by atoms with Crippen LogP contribution in [0.4, 0.5) is 5.69 Å². The maximum atomic E-state index is 11.7. The molecule has 22 heavy (non-hydrogen) atoms. The third-order valence-electron chi connectivity index (χ3n) is 2.60. The molecule has 0 heterocycles. The molecule has 0 aliphatic carbocycles. The highest BCUT2D eigenvalue weighted by Crippen LogP contribution is 2.22. The number of thioether (sulfide) groups is 1. The van der Waals surface area contributed by atoms with E-state index in [1.807, 2.05) is 6.07 Å². The van der Waals surface area contributed by atoms with E-state index in [-0.39, 0.29) is 11.4 Å². The van der Waals surface area contributed by atoms with E-state index in [0.717, 1.165) is 4.90 Å². The zero-order valence-corrected chi connectivity index (χ0v) is 12.1. The first kappa shape index (κ1) is 15.5. The number of rotatable bonds is 5. The molecule has 0 spiro atoms. The number of nitriles is 1. The van der Waals surface area contributed by atoms with Gasteiger partial charge in [-0.15, -0.1) is 11.8 Å². The lowest BCUT2D eigenvalue weighted by Gasteiger charge is -2.04. The van der Waals surface area contributed by atoms with Crippen LogP contribution in [0.1, 0.15) is 5.56 Å². The number of hydrogen-bond acceptors (Lipinski definition) is 6. The Hall–Kier alpha value is -2.85. The second-order valence-electron chi connectivity index (χ2n) is 4.15. The molecule has 0 saturated carbocycles. The van der Waals surface area contributed by atoms with Crippen LogP contribution in [0.15, 0.2) is 53.4 Å². The van der Waals surface area contributed by atoms with Crippen LogP contribution in [0.5, 0.6) is 5.75 Å². The van der Waals surface area contributed by atoms with Crippen molar-refractivity contribution >= 4 is 23.4 Å². The Labute approximate surface area is 130 Å². The molecule has 0 N–H and O–H groups in total. The minimum Gasteiger partial charge on any atom is -0.426 e. The second kappa shape index (κ2) is 7.24. The van der Waals surface area contributed by atoms with Gasteiger partial charge in [0.2, 0.25) is 0 Å². The number of nitro benzene ring substituents is 1. The predicted octanol–water partition coefficient (Wildman–Crippen LogP) is 3.16. The Balaban J connectivity index is 1.89. The number of esters is 1. The van der Waals surface area contributed by atoms with Crippen molar-refractivity contribution in [3.8, 4) is 11.8 Å². The predicted molar refractivity (Wildman–Crippen MR) is 80.6 cm³/mol. The Morgan fingerprint density at radius 1 is 1.27 bits per heavy atom. The summed E-state index contributed by atoms with van der Waals surface area (Å²) < 4.78 is 5.12. The molecule has 0 radical (unpaired) electrons. The van der Waals surface area contributed by atoms with Gasteiger partial charge >= 0.3 is 5.97 Å². The molecule has 0 unspecified atom stereocenters. The van der Waals surface area contributed by atoms with Gasteiger partial charge in [-0.25, -0.2) is 0 Å². The van der Waals surface area contributed by atoms with E-state index in [2.05, 4.69) is 0 Å². The van der Waals surface area contributed by atoms with Crippen molar-refractivity contribution in [2.45, 2.75) is 4.90 Å². The fourth-order valence-electron chi connectivity index (χ4n) is 1.60. The molecule has 7 heteroatoms. The van der Waals surface area contributed by atoms with Gasteiger partial charge in [0.15, 0.2) is 0 Å². The van der Waals surface area contributed by atoms with E-state index in [4.69, 9.17) is 10.00 Å². The van der Waals surface area contributed by atoms with Crippen molar-refractivity contribution < 1.29 is 14.5 Å². The van der Waals surface area contributed by atoms with Crippen LogP contribution in [0.3, 0.4) is 0 Å². The lowest BCUT2D eigenvalue weighted by molar-refractivity contribution is -0.384. The molecule has 2 rings (SSSR count). The van der Waals surface area contributed by atoms with E-state index < -0.39 is 10.9 Å². The summed E-state index contributed by atoms with van der Waals surface area (Å²) in [6, 6.07) is 14.2. The summed E-state index contributed by atoms with van der Waals surface area (Å²) in [5.74, 6) is -0.0824. The van der Waals surface area contributed by atoms with Gasteiger partial charge in [0.25, 0.3) is 5.69 Å². The highest BCUT2D eigenvalue weighted by molar-refractivity contribution is 8.00. The maximum absolute atomic E-state index is 11.7. The molecule has 0 aliphatic rings. The van der Waals surface area contributed by atoms with E-state index in [0.29, 0.717) is 11.3 Å². The van der Waals surface area contributed by atoms with Crippen LogP contribution in [0, 0.1) is 21.4 Å². The molecule has 2 aromatic carbocycles. The lowest BCUT2D eigenvalue weighted by Crippen LogP contribution is -2.10. The summed E-state index contributed by atoms with van der Waals surface area (Å²) >= 11 is 1.22. The van der Waals surface area contributed by atoms with Gasteiger partial charge in [0, 0.05) is 17.0 Å². The topological polar surface area (TPSA) is 93.2 Å². The number of benzene rings is 2.